The minimum atomic E-state index is -3.51. The van der Waals surface area contributed by atoms with E-state index in [-0.39, 0.29) is 24.4 Å². The fourth-order valence-corrected chi connectivity index (χ4v) is 1.46. The number of aryl methyl sites for hydroxylation is 1. The van der Waals surface area contributed by atoms with E-state index < -0.39 is 10.1 Å². The van der Waals surface area contributed by atoms with Gasteiger partial charge >= 0.3 is 0 Å². The van der Waals surface area contributed by atoms with E-state index in [1.807, 2.05) is 6.92 Å². The van der Waals surface area contributed by atoms with Crippen LogP contribution in [0.25, 0.3) is 0 Å². The predicted molar refractivity (Wildman–Crippen MR) is 45.4 cm³/mol. The molecule has 3 nitrogen and oxygen atoms in total. The van der Waals surface area contributed by atoms with Gasteiger partial charge in [-0.25, -0.2) is 0 Å². The van der Waals surface area contributed by atoms with Gasteiger partial charge in [0.05, 0.1) is 12.0 Å². The Kier molecular flexibility index (Phi) is 4.75. The second-order valence-corrected chi connectivity index (χ2v) is 4.15. The molecule has 0 aliphatic rings. The van der Waals surface area contributed by atoms with E-state index in [9.17, 15) is 8.42 Å². The molecule has 0 unspecified atom stereocenters. The van der Waals surface area contributed by atoms with Crippen molar-refractivity contribution in [3.05, 3.63) is 29.8 Å². The zero-order chi connectivity index (χ0) is 9.19. The van der Waals surface area contributed by atoms with Crippen molar-refractivity contribution in [2.75, 3.05) is 7.11 Å². The molecule has 0 aliphatic carbocycles. The SMILES string of the molecule is COS(=O)(=O)c1ccc(C)cc1.[Zn]. The summed E-state index contributed by atoms with van der Waals surface area (Å²) in [5.74, 6) is 0. The van der Waals surface area contributed by atoms with Gasteiger partial charge in [0, 0.05) is 19.5 Å². The molecule has 0 saturated heterocycles. The Hall–Kier alpha value is -0.247. The zero-order valence-corrected chi connectivity index (χ0v) is 11.4. The van der Waals surface area contributed by atoms with Crippen LogP contribution in [0.2, 0.25) is 0 Å². The molecular weight excluding hydrogens is 242 g/mol. The van der Waals surface area contributed by atoms with E-state index in [0.717, 1.165) is 12.7 Å². The number of benzene rings is 1. The van der Waals surface area contributed by atoms with Gasteiger partial charge in [-0.15, -0.1) is 0 Å². The van der Waals surface area contributed by atoms with Crippen molar-refractivity contribution in [2.45, 2.75) is 11.8 Å². The summed E-state index contributed by atoms with van der Waals surface area (Å²) in [6, 6.07) is 6.50. The van der Waals surface area contributed by atoms with Gasteiger partial charge in [0.1, 0.15) is 0 Å². The molecule has 0 spiro atoms. The third kappa shape index (κ3) is 3.18. The predicted octanol–water partition coefficient (Wildman–Crippen LogP) is 1.33. The molecule has 1 aromatic carbocycles. The maximum Gasteiger partial charge on any atom is 0.296 e. The first-order valence-electron chi connectivity index (χ1n) is 3.43. The van der Waals surface area contributed by atoms with Crippen molar-refractivity contribution < 1.29 is 32.1 Å². The number of hydrogen-bond donors (Lipinski definition) is 0. The summed E-state index contributed by atoms with van der Waals surface area (Å²) in [5, 5.41) is 0. The molecule has 0 aromatic heterocycles. The third-order valence-corrected chi connectivity index (χ3v) is 2.82. The van der Waals surface area contributed by atoms with Gasteiger partial charge in [0.2, 0.25) is 0 Å². The van der Waals surface area contributed by atoms with Crippen molar-refractivity contribution in [1.29, 1.82) is 0 Å². The summed E-state index contributed by atoms with van der Waals surface area (Å²) in [6.07, 6.45) is 0. The summed E-state index contributed by atoms with van der Waals surface area (Å²) >= 11 is 0. The summed E-state index contributed by atoms with van der Waals surface area (Å²) in [4.78, 5) is 0.190. The molecule has 0 aliphatic heterocycles. The molecule has 1 aromatic rings. The van der Waals surface area contributed by atoms with Crippen molar-refractivity contribution in [3.63, 3.8) is 0 Å². The van der Waals surface area contributed by atoms with Crippen molar-refractivity contribution in [2.24, 2.45) is 0 Å². The molecule has 0 saturated carbocycles. The first-order valence-corrected chi connectivity index (χ1v) is 4.84. The van der Waals surface area contributed by atoms with Gasteiger partial charge < -0.3 is 0 Å². The van der Waals surface area contributed by atoms with Crippen LogP contribution < -0.4 is 0 Å². The molecular formula is C8H10O3SZn. The first kappa shape index (κ1) is 12.8. The Labute approximate surface area is 91.0 Å². The molecule has 0 amide bonds. The van der Waals surface area contributed by atoms with Crippen LogP contribution in [0, 0.1) is 6.92 Å². The average molecular weight is 252 g/mol. The maximum absolute atomic E-state index is 11.1. The van der Waals surface area contributed by atoms with Crippen molar-refractivity contribution in [1.82, 2.24) is 0 Å². The van der Waals surface area contributed by atoms with Gasteiger partial charge in [-0.1, -0.05) is 17.7 Å². The average Bonchev–Trinajstić information content (AvgIpc) is 2.05. The third-order valence-electron chi connectivity index (χ3n) is 1.53. The molecule has 0 bridgehead atoms. The maximum atomic E-state index is 11.1. The molecule has 0 fully saturated rings. The minimum Gasteiger partial charge on any atom is -0.270 e. The molecule has 0 atom stereocenters. The standard InChI is InChI=1S/C8H10O3S.Zn/c1-7-3-5-8(6-4-7)12(9,10)11-2;/h3-6H,1-2H3;. The van der Waals surface area contributed by atoms with Crippen LogP contribution in [-0.4, -0.2) is 15.5 Å². The summed E-state index contributed by atoms with van der Waals surface area (Å²) in [5.41, 5.74) is 1.02. The topological polar surface area (TPSA) is 43.4 Å². The molecule has 1 rings (SSSR count). The van der Waals surface area contributed by atoms with E-state index in [1.54, 1.807) is 12.1 Å². The van der Waals surface area contributed by atoms with Crippen LogP contribution in [-0.2, 0) is 33.8 Å². The van der Waals surface area contributed by atoms with Crippen LogP contribution in [0.15, 0.2) is 29.2 Å². The molecule has 5 heteroatoms. The molecule has 0 N–H and O–H groups in total. The second kappa shape index (κ2) is 4.84. The number of rotatable bonds is 2. The Balaban J connectivity index is 0.00000144. The number of hydrogen-bond acceptors (Lipinski definition) is 3. The van der Waals surface area contributed by atoms with Gasteiger partial charge in [-0.05, 0) is 19.1 Å². The van der Waals surface area contributed by atoms with Crippen LogP contribution in [0.5, 0.6) is 0 Å². The molecule has 0 heterocycles. The Bertz CT molecular complexity index is 355. The van der Waals surface area contributed by atoms with Gasteiger partial charge in [-0.3, -0.25) is 4.18 Å². The van der Waals surface area contributed by atoms with Crippen molar-refractivity contribution in [3.8, 4) is 0 Å². The summed E-state index contributed by atoms with van der Waals surface area (Å²) in [7, 11) is -2.37. The molecule has 0 radical (unpaired) electrons. The van der Waals surface area contributed by atoms with Crippen LogP contribution in [0.1, 0.15) is 5.56 Å². The normalized spacial score (nSPS) is 10.6. The quantitative estimate of drug-likeness (QED) is 0.588. The smallest absolute Gasteiger partial charge is 0.270 e. The largest absolute Gasteiger partial charge is 0.296 e. The summed E-state index contributed by atoms with van der Waals surface area (Å²) < 4.78 is 26.5. The Morgan fingerprint density at radius 3 is 2.00 bits per heavy atom. The van der Waals surface area contributed by atoms with E-state index in [0.29, 0.717) is 0 Å². The van der Waals surface area contributed by atoms with Gasteiger partial charge in [0.25, 0.3) is 10.1 Å². The monoisotopic (exact) mass is 250 g/mol. The molecule has 13 heavy (non-hydrogen) atoms. The Morgan fingerprint density at radius 2 is 1.62 bits per heavy atom. The molecule has 68 valence electrons. The van der Waals surface area contributed by atoms with E-state index >= 15 is 0 Å². The first-order chi connectivity index (χ1) is 5.56. The fraction of sp³-hybridized carbons (Fsp3) is 0.250. The minimum absolute atomic E-state index is 0. The second-order valence-electron chi connectivity index (χ2n) is 2.43. The van der Waals surface area contributed by atoms with Gasteiger partial charge in [-0.2, -0.15) is 8.42 Å². The Morgan fingerprint density at radius 1 is 1.15 bits per heavy atom. The zero-order valence-electron chi connectivity index (χ0n) is 7.65. The van der Waals surface area contributed by atoms with E-state index in [2.05, 4.69) is 4.18 Å². The van der Waals surface area contributed by atoms with Crippen LogP contribution in [0.4, 0.5) is 0 Å². The van der Waals surface area contributed by atoms with E-state index in [1.165, 1.54) is 12.1 Å². The fourth-order valence-electron chi connectivity index (χ4n) is 0.801. The van der Waals surface area contributed by atoms with Gasteiger partial charge in [0.15, 0.2) is 0 Å². The van der Waals surface area contributed by atoms with Crippen LogP contribution >= 0.6 is 0 Å². The van der Waals surface area contributed by atoms with E-state index in [4.69, 9.17) is 0 Å². The van der Waals surface area contributed by atoms with Crippen LogP contribution in [0.3, 0.4) is 0 Å². The summed E-state index contributed by atoms with van der Waals surface area (Å²) in [6.45, 7) is 1.89. The van der Waals surface area contributed by atoms with Crippen molar-refractivity contribution >= 4 is 10.1 Å².